The summed E-state index contributed by atoms with van der Waals surface area (Å²) in [4.78, 5) is 29.2. The van der Waals surface area contributed by atoms with Gasteiger partial charge in [-0.25, -0.2) is 9.29 Å². The summed E-state index contributed by atoms with van der Waals surface area (Å²) in [5.74, 6) is 0.0664. The maximum absolute atomic E-state index is 13.2. The molecule has 0 bridgehead atoms. The second kappa shape index (κ2) is 8.33. The van der Waals surface area contributed by atoms with Crippen LogP contribution in [0.4, 0.5) is 10.1 Å². The van der Waals surface area contributed by atoms with Crippen molar-refractivity contribution in [1.82, 2.24) is 4.90 Å². The SMILES string of the molecule is CCCOc1ccc(N2C(=O)C[C@@H](N(Cc3ccc(F)cc3)C3CC3)C2=O)cc1. The number of rotatable bonds is 8. The van der Waals surface area contributed by atoms with Gasteiger partial charge in [-0.15, -0.1) is 0 Å². The number of benzene rings is 2. The van der Waals surface area contributed by atoms with E-state index >= 15 is 0 Å². The van der Waals surface area contributed by atoms with E-state index in [1.807, 2.05) is 6.92 Å². The van der Waals surface area contributed by atoms with Crippen LogP contribution in [0.3, 0.4) is 0 Å². The van der Waals surface area contributed by atoms with Crippen LogP contribution < -0.4 is 9.64 Å². The molecule has 2 amide bonds. The number of imide groups is 1. The molecule has 1 aliphatic carbocycles. The molecule has 0 unspecified atom stereocenters. The van der Waals surface area contributed by atoms with Gasteiger partial charge in [-0.05, 0) is 61.2 Å². The molecule has 5 nitrogen and oxygen atoms in total. The van der Waals surface area contributed by atoms with E-state index in [0.717, 1.165) is 30.6 Å². The Kier molecular flexibility index (Phi) is 5.62. The molecule has 0 N–H and O–H groups in total. The molecule has 1 saturated carbocycles. The van der Waals surface area contributed by atoms with E-state index in [0.29, 0.717) is 24.9 Å². The lowest BCUT2D eigenvalue weighted by Gasteiger charge is -2.27. The Bertz CT molecular complexity index is 878. The van der Waals surface area contributed by atoms with Crippen LogP contribution in [0, 0.1) is 5.82 Å². The van der Waals surface area contributed by atoms with Gasteiger partial charge in [-0.1, -0.05) is 19.1 Å². The molecule has 0 aromatic heterocycles. The van der Waals surface area contributed by atoms with Crippen molar-refractivity contribution in [2.24, 2.45) is 0 Å². The molecule has 29 heavy (non-hydrogen) atoms. The predicted molar refractivity (Wildman–Crippen MR) is 108 cm³/mol. The average Bonchev–Trinajstić information content (AvgIpc) is 3.52. The maximum atomic E-state index is 13.2. The van der Waals surface area contributed by atoms with Crippen LogP contribution in [0.25, 0.3) is 0 Å². The molecular weight excluding hydrogens is 371 g/mol. The minimum atomic E-state index is -0.476. The first-order valence-electron chi connectivity index (χ1n) is 10.2. The molecule has 1 heterocycles. The number of amides is 2. The Balaban J connectivity index is 1.50. The minimum absolute atomic E-state index is 0.171. The summed E-state index contributed by atoms with van der Waals surface area (Å²) < 4.78 is 18.8. The summed E-state index contributed by atoms with van der Waals surface area (Å²) in [7, 11) is 0. The van der Waals surface area contributed by atoms with E-state index in [9.17, 15) is 14.0 Å². The highest BCUT2D eigenvalue weighted by Crippen LogP contribution is 2.35. The number of carbonyl (C=O) groups is 2. The zero-order chi connectivity index (χ0) is 20.4. The molecular formula is C23H25FN2O3. The molecule has 2 aromatic carbocycles. The molecule has 6 heteroatoms. The first-order valence-corrected chi connectivity index (χ1v) is 10.2. The van der Waals surface area contributed by atoms with Gasteiger partial charge in [-0.2, -0.15) is 0 Å². The third-order valence-electron chi connectivity index (χ3n) is 5.39. The van der Waals surface area contributed by atoms with Gasteiger partial charge in [-0.3, -0.25) is 14.5 Å². The zero-order valence-electron chi connectivity index (χ0n) is 16.5. The van der Waals surface area contributed by atoms with Gasteiger partial charge >= 0.3 is 0 Å². The lowest BCUT2D eigenvalue weighted by atomic mass is 10.1. The average molecular weight is 396 g/mol. The van der Waals surface area contributed by atoms with Crippen molar-refractivity contribution in [1.29, 1.82) is 0 Å². The van der Waals surface area contributed by atoms with Gasteiger partial charge in [0.15, 0.2) is 0 Å². The number of nitrogens with zero attached hydrogens (tertiary/aromatic N) is 2. The lowest BCUT2D eigenvalue weighted by Crippen LogP contribution is -2.43. The van der Waals surface area contributed by atoms with Crippen LogP contribution in [0.2, 0.25) is 0 Å². The van der Waals surface area contributed by atoms with Crippen LogP contribution in [0.15, 0.2) is 48.5 Å². The number of halogens is 1. The fourth-order valence-corrected chi connectivity index (χ4v) is 3.76. The molecule has 1 atom stereocenters. The minimum Gasteiger partial charge on any atom is -0.494 e. The molecule has 2 fully saturated rings. The molecule has 2 aliphatic rings. The van der Waals surface area contributed by atoms with Crippen LogP contribution in [-0.2, 0) is 16.1 Å². The summed E-state index contributed by atoms with van der Waals surface area (Å²) in [6.07, 6.45) is 3.12. The van der Waals surface area contributed by atoms with Gasteiger partial charge in [0.1, 0.15) is 11.6 Å². The second-order valence-electron chi connectivity index (χ2n) is 7.66. The summed E-state index contributed by atoms with van der Waals surface area (Å²) in [5.41, 5.74) is 1.51. The van der Waals surface area contributed by atoms with E-state index in [4.69, 9.17) is 4.74 Å². The van der Waals surface area contributed by atoms with Crippen molar-refractivity contribution >= 4 is 17.5 Å². The van der Waals surface area contributed by atoms with Crippen molar-refractivity contribution in [2.45, 2.75) is 51.2 Å². The smallest absolute Gasteiger partial charge is 0.251 e. The summed E-state index contributed by atoms with van der Waals surface area (Å²) in [6.45, 7) is 3.20. The van der Waals surface area contributed by atoms with E-state index in [-0.39, 0.29) is 24.1 Å². The largest absolute Gasteiger partial charge is 0.494 e. The Morgan fingerprint density at radius 2 is 1.76 bits per heavy atom. The van der Waals surface area contributed by atoms with Crippen molar-refractivity contribution < 1.29 is 18.7 Å². The highest BCUT2D eigenvalue weighted by molar-refractivity contribution is 6.22. The highest BCUT2D eigenvalue weighted by Gasteiger charge is 2.46. The monoisotopic (exact) mass is 396 g/mol. The molecule has 2 aromatic rings. The van der Waals surface area contributed by atoms with Crippen molar-refractivity contribution in [2.75, 3.05) is 11.5 Å². The molecule has 0 spiro atoms. The number of carbonyl (C=O) groups excluding carboxylic acids is 2. The first-order chi connectivity index (χ1) is 14.1. The zero-order valence-corrected chi connectivity index (χ0v) is 16.5. The fraction of sp³-hybridized carbons (Fsp3) is 0.391. The van der Waals surface area contributed by atoms with Crippen LogP contribution in [0.5, 0.6) is 5.75 Å². The summed E-state index contributed by atoms with van der Waals surface area (Å²) in [5, 5.41) is 0. The van der Waals surface area contributed by atoms with Crippen molar-refractivity contribution in [3.05, 3.63) is 59.9 Å². The molecule has 1 aliphatic heterocycles. The van der Waals surface area contributed by atoms with Crippen molar-refractivity contribution in [3.8, 4) is 5.75 Å². The number of ether oxygens (including phenoxy) is 1. The molecule has 152 valence electrons. The molecule has 0 radical (unpaired) electrons. The van der Waals surface area contributed by atoms with E-state index in [1.165, 1.54) is 17.0 Å². The number of anilines is 1. The number of hydrogen-bond donors (Lipinski definition) is 0. The Morgan fingerprint density at radius 3 is 2.38 bits per heavy atom. The van der Waals surface area contributed by atoms with Crippen LogP contribution >= 0.6 is 0 Å². The van der Waals surface area contributed by atoms with E-state index < -0.39 is 6.04 Å². The second-order valence-corrected chi connectivity index (χ2v) is 7.66. The Hall–Kier alpha value is -2.73. The normalized spacial score (nSPS) is 19.3. The standard InChI is InChI=1S/C23H25FN2O3/c1-2-13-29-20-11-9-19(10-12-20)26-22(27)14-21(23(26)28)25(18-7-8-18)15-16-3-5-17(24)6-4-16/h3-6,9-12,18,21H,2,7-8,13-15H2,1H3/t21-/m1/s1. The van der Waals surface area contributed by atoms with Gasteiger partial charge < -0.3 is 4.74 Å². The summed E-state index contributed by atoms with van der Waals surface area (Å²) in [6, 6.07) is 13.2. The molecule has 4 rings (SSSR count). The van der Waals surface area contributed by atoms with Crippen LogP contribution in [0.1, 0.15) is 38.2 Å². The van der Waals surface area contributed by atoms with Crippen LogP contribution in [-0.4, -0.2) is 35.4 Å². The van der Waals surface area contributed by atoms with Gasteiger partial charge in [0, 0.05) is 12.6 Å². The van der Waals surface area contributed by atoms with Crippen molar-refractivity contribution in [3.63, 3.8) is 0 Å². The third-order valence-corrected chi connectivity index (χ3v) is 5.39. The molecule has 1 saturated heterocycles. The Morgan fingerprint density at radius 1 is 1.07 bits per heavy atom. The predicted octanol–water partition coefficient (Wildman–Crippen LogP) is 3.91. The number of hydrogen-bond acceptors (Lipinski definition) is 4. The quantitative estimate of drug-likeness (QED) is 0.635. The van der Waals surface area contributed by atoms with E-state index in [1.54, 1.807) is 36.4 Å². The fourth-order valence-electron chi connectivity index (χ4n) is 3.76. The maximum Gasteiger partial charge on any atom is 0.251 e. The third kappa shape index (κ3) is 4.32. The van der Waals surface area contributed by atoms with Gasteiger partial charge in [0.2, 0.25) is 5.91 Å². The highest BCUT2D eigenvalue weighted by atomic mass is 19.1. The topological polar surface area (TPSA) is 49.9 Å². The Labute approximate surface area is 170 Å². The first kappa shape index (κ1) is 19.6. The van der Waals surface area contributed by atoms with Gasteiger partial charge in [0.25, 0.3) is 5.91 Å². The lowest BCUT2D eigenvalue weighted by molar-refractivity contribution is -0.123. The summed E-state index contributed by atoms with van der Waals surface area (Å²) >= 11 is 0. The van der Waals surface area contributed by atoms with E-state index in [2.05, 4.69) is 4.90 Å². The van der Waals surface area contributed by atoms with Gasteiger partial charge in [0.05, 0.1) is 24.8 Å².